The van der Waals surface area contributed by atoms with Gasteiger partial charge in [-0.3, -0.25) is 9.52 Å². The minimum absolute atomic E-state index is 0.112. The van der Waals surface area contributed by atoms with E-state index in [4.69, 9.17) is 9.47 Å². The molecule has 0 atom stereocenters. The van der Waals surface area contributed by atoms with E-state index in [1.54, 1.807) is 36.4 Å². The zero-order valence-corrected chi connectivity index (χ0v) is 22.6. The van der Waals surface area contributed by atoms with E-state index in [0.717, 1.165) is 21.5 Å². The molecule has 1 N–H and O–H groups in total. The van der Waals surface area contributed by atoms with Gasteiger partial charge < -0.3 is 14.0 Å². The van der Waals surface area contributed by atoms with Gasteiger partial charge in [-0.05, 0) is 63.2 Å². The molecule has 8 nitrogen and oxygen atoms in total. The van der Waals surface area contributed by atoms with E-state index in [9.17, 15) is 13.2 Å². The maximum atomic E-state index is 13.4. The highest BCUT2D eigenvalue weighted by atomic mass is 32.2. The van der Waals surface area contributed by atoms with E-state index in [2.05, 4.69) is 9.71 Å². The Kier molecular flexibility index (Phi) is 8.42. The summed E-state index contributed by atoms with van der Waals surface area (Å²) >= 11 is 1.36. The van der Waals surface area contributed by atoms with E-state index in [1.165, 1.54) is 23.5 Å². The maximum absolute atomic E-state index is 13.4. The van der Waals surface area contributed by atoms with Gasteiger partial charge >= 0.3 is 0 Å². The second-order valence-electron chi connectivity index (χ2n) is 8.18. The molecule has 1 aromatic heterocycles. The fourth-order valence-electron chi connectivity index (χ4n) is 3.74. The van der Waals surface area contributed by atoms with Crippen molar-refractivity contribution in [2.24, 2.45) is 4.99 Å². The Hall–Kier alpha value is -3.47. The van der Waals surface area contributed by atoms with Crippen molar-refractivity contribution in [1.29, 1.82) is 0 Å². The van der Waals surface area contributed by atoms with Gasteiger partial charge in [0.25, 0.3) is 15.9 Å². The van der Waals surface area contributed by atoms with Crippen molar-refractivity contribution in [3.8, 4) is 5.75 Å². The summed E-state index contributed by atoms with van der Waals surface area (Å²) in [7, 11) is -3.89. The van der Waals surface area contributed by atoms with Gasteiger partial charge in [0.1, 0.15) is 5.75 Å². The van der Waals surface area contributed by atoms with Gasteiger partial charge in [0, 0.05) is 13.2 Å². The lowest BCUT2D eigenvalue weighted by Gasteiger charge is -2.11. The number of ether oxygens (including phenoxy) is 2. The number of sulfonamides is 1. The van der Waals surface area contributed by atoms with Crippen LogP contribution >= 0.6 is 11.3 Å². The Labute approximate surface area is 220 Å². The summed E-state index contributed by atoms with van der Waals surface area (Å²) in [4.78, 5) is 18.4. The third-order valence-electron chi connectivity index (χ3n) is 5.56. The quantitative estimate of drug-likeness (QED) is 0.286. The molecule has 0 bridgehead atoms. The van der Waals surface area contributed by atoms with E-state index < -0.39 is 15.9 Å². The molecule has 37 heavy (non-hydrogen) atoms. The van der Waals surface area contributed by atoms with E-state index in [0.29, 0.717) is 31.2 Å². The van der Waals surface area contributed by atoms with Crippen molar-refractivity contribution in [1.82, 2.24) is 4.57 Å². The average Bonchev–Trinajstić information content (AvgIpc) is 3.20. The Morgan fingerprint density at radius 3 is 2.51 bits per heavy atom. The number of nitrogens with one attached hydrogen (secondary N) is 1. The molecule has 0 saturated heterocycles. The molecular formula is C27H29N3O5S2. The molecule has 0 spiro atoms. The number of carbonyl (C=O) groups excluding carboxylic acids is 1. The topological polar surface area (TPSA) is 99.0 Å². The monoisotopic (exact) mass is 539 g/mol. The SMILES string of the molecule is CCOCCn1c(=NC(=O)c2ccccc2NS(=O)(=O)c2ccc(C)cc2)sc2cc(OCC)ccc21. The largest absolute Gasteiger partial charge is 0.494 e. The second-order valence-corrected chi connectivity index (χ2v) is 10.9. The summed E-state index contributed by atoms with van der Waals surface area (Å²) in [5.74, 6) is 0.186. The first-order valence-corrected chi connectivity index (χ1v) is 14.2. The van der Waals surface area contributed by atoms with Gasteiger partial charge in [-0.15, -0.1) is 0 Å². The molecule has 0 aliphatic carbocycles. The number of rotatable bonds is 10. The molecule has 4 aromatic rings. The normalized spacial score (nSPS) is 12.1. The molecule has 1 amide bonds. The van der Waals surface area contributed by atoms with Crippen molar-refractivity contribution in [3.63, 3.8) is 0 Å². The number of thiazole rings is 1. The Morgan fingerprint density at radius 1 is 1.03 bits per heavy atom. The van der Waals surface area contributed by atoms with Gasteiger partial charge in [0.15, 0.2) is 4.80 Å². The van der Waals surface area contributed by atoms with Crippen LogP contribution in [0.5, 0.6) is 5.75 Å². The van der Waals surface area contributed by atoms with Crippen LogP contribution < -0.4 is 14.3 Å². The number of benzene rings is 3. The molecule has 3 aromatic carbocycles. The number of nitrogens with zero attached hydrogens (tertiary/aromatic N) is 2. The van der Waals surface area contributed by atoms with Crippen LogP contribution in [0, 0.1) is 6.92 Å². The summed E-state index contributed by atoms with van der Waals surface area (Å²) in [6.07, 6.45) is 0. The summed E-state index contributed by atoms with van der Waals surface area (Å²) < 4.78 is 42.5. The number of para-hydroxylation sites is 1. The van der Waals surface area contributed by atoms with Gasteiger partial charge in [-0.2, -0.15) is 4.99 Å². The number of aryl methyl sites for hydroxylation is 1. The van der Waals surface area contributed by atoms with Crippen molar-refractivity contribution >= 4 is 43.2 Å². The molecule has 0 saturated carbocycles. The number of anilines is 1. The Bertz CT molecular complexity index is 1570. The molecule has 0 aliphatic rings. The highest BCUT2D eigenvalue weighted by Crippen LogP contribution is 2.25. The third-order valence-corrected chi connectivity index (χ3v) is 7.98. The van der Waals surface area contributed by atoms with Crippen LogP contribution in [-0.2, 0) is 21.3 Å². The number of hydrogen-bond acceptors (Lipinski definition) is 6. The number of amides is 1. The zero-order valence-electron chi connectivity index (χ0n) is 20.9. The number of carbonyl (C=O) groups is 1. The van der Waals surface area contributed by atoms with Crippen LogP contribution in [0.15, 0.2) is 76.6 Å². The van der Waals surface area contributed by atoms with E-state index >= 15 is 0 Å². The summed E-state index contributed by atoms with van der Waals surface area (Å²) in [5, 5.41) is 0. The molecule has 0 radical (unpaired) electrons. The summed E-state index contributed by atoms with van der Waals surface area (Å²) in [6, 6.07) is 18.7. The number of fused-ring (bicyclic) bond motifs is 1. The van der Waals surface area contributed by atoms with Crippen LogP contribution in [0.4, 0.5) is 5.69 Å². The minimum atomic E-state index is -3.89. The minimum Gasteiger partial charge on any atom is -0.494 e. The molecule has 0 aliphatic heterocycles. The Morgan fingerprint density at radius 2 is 1.78 bits per heavy atom. The van der Waals surface area contributed by atoms with Crippen molar-refractivity contribution in [3.05, 3.63) is 82.7 Å². The van der Waals surface area contributed by atoms with Crippen LogP contribution in [-0.4, -0.2) is 38.7 Å². The smallest absolute Gasteiger partial charge is 0.281 e. The van der Waals surface area contributed by atoms with Gasteiger partial charge in [-0.25, -0.2) is 8.42 Å². The van der Waals surface area contributed by atoms with Gasteiger partial charge in [0.2, 0.25) is 0 Å². The van der Waals surface area contributed by atoms with E-state index in [1.807, 2.05) is 43.5 Å². The van der Waals surface area contributed by atoms with Gasteiger partial charge in [-0.1, -0.05) is 41.2 Å². The van der Waals surface area contributed by atoms with Crippen molar-refractivity contribution in [2.75, 3.05) is 24.5 Å². The third kappa shape index (κ3) is 6.27. The number of aromatic nitrogens is 1. The van der Waals surface area contributed by atoms with Gasteiger partial charge in [0.05, 0.1) is 39.6 Å². The van der Waals surface area contributed by atoms with Crippen molar-refractivity contribution in [2.45, 2.75) is 32.2 Å². The van der Waals surface area contributed by atoms with Crippen LogP contribution in [0.3, 0.4) is 0 Å². The summed E-state index contributed by atoms with van der Waals surface area (Å²) in [5.41, 5.74) is 2.18. The molecule has 1 heterocycles. The molecular weight excluding hydrogens is 510 g/mol. The van der Waals surface area contributed by atoms with Crippen LogP contribution in [0.2, 0.25) is 0 Å². The summed E-state index contributed by atoms with van der Waals surface area (Å²) in [6.45, 7) is 7.83. The lowest BCUT2D eigenvalue weighted by atomic mass is 10.2. The zero-order chi connectivity index (χ0) is 26.4. The lowest BCUT2D eigenvalue weighted by Crippen LogP contribution is -2.20. The standard InChI is InChI=1S/C27H29N3O5S2/c1-4-34-17-16-30-24-15-12-20(35-5-2)18-25(24)36-27(30)28-26(31)22-8-6-7-9-23(22)29-37(32,33)21-13-10-19(3)11-14-21/h6-15,18,29H,4-5,16-17H2,1-3H3. The first kappa shape index (κ1) is 26.6. The molecule has 10 heteroatoms. The molecule has 0 fully saturated rings. The molecule has 0 unspecified atom stereocenters. The average molecular weight is 540 g/mol. The fraction of sp³-hybridized carbons (Fsp3) is 0.259. The highest BCUT2D eigenvalue weighted by Gasteiger charge is 2.19. The molecule has 194 valence electrons. The first-order valence-electron chi connectivity index (χ1n) is 11.9. The number of hydrogen-bond donors (Lipinski definition) is 1. The maximum Gasteiger partial charge on any atom is 0.281 e. The fourth-order valence-corrected chi connectivity index (χ4v) is 5.90. The van der Waals surface area contributed by atoms with Crippen molar-refractivity contribution < 1.29 is 22.7 Å². The highest BCUT2D eigenvalue weighted by molar-refractivity contribution is 7.92. The Balaban J connectivity index is 1.73. The predicted molar refractivity (Wildman–Crippen MR) is 146 cm³/mol. The molecule has 4 rings (SSSR count). The lowest BCUT2D eigenvalue weighted by molar-refractivity contribution is 0.0997. The second kappa shape index (κ2) is 11.7. The predicted octanol–water partition coefficient (Wildman–Crippen LogP) is 4.99. The van der Waals surface area contributed by atoms with E-state index in [-0.39, 0.29) is 16.1 Å². The van der Waals surface area contributed by atoms with Crippen LogP contribution in [0.25, 0.3) is 10.2 Å². The first-order chi connectivity index (χ1) is 17.8. The van der Waals surface area contributed by atoms with Crippen LogP contribution in [0.1, 0.15) is 29.8 Å².